The number of nitrogens with one attached hydrogen (secondary N) is 1. The highest BCUT2D eigenvalue weighted by atomic mass is 16.5. The van der Waals surface area contributed by atoms with E-state index < -0.39 is 0 Å². The van der Waals surface area contributed by atoms with E-state index in [9.17, 15) is 4.79 Å². The van der Waals surface area contributed by atoms with E-state index in [1.807, 2.05) is 20.8 Å². The van der Waals surface area contributed by atoms with Crippen LogP contribution in [0.3, 0.4) is 0 Å². The lowest BCUT2D eigenvalue weighted by molar-refractivity contribution is 0.188. The number of aryl methyl sites for hydroxylation is 3. The minimum Gasteiger partial charge on any atom is -0.493 e. The zero-order chi connectivity index (χ0) is 18.0. The van der Waals surface area contributed by atoms with E-state index in [1.165, 1.54) is 0 Å². The van der Waals surface area contributed by atoms with Gasteiger partial charge >= 0.3 is 6.03 Å². The molecule has 0 saturated heterocycles. The lowest BCUT2D eigenvalue weighted by Gasteiger charge is -2.29. The lowest BCUT2D eigenvalue weighted by Crippen LogP contribution is -2.40. The standard InChI is InChI=1S/C18H24N4O3/c1-5-15-20-16(25-21-15)10-22(4)18(23)19-14-6-7-24-17-12(3)8-11(2)9-13(14)17/h8-9,14H,5-7,10H2,1-4H3,(H,19,23)/t14-/m1/s1. The van der Waals surface area contributed by atoms with E-state index in [0.29, 0.717) is 24.7 Å². The number of ether oxygens (including phenoxy) is 1. The molecule has 7 heteroatoms. The van der Waals surface area contributed by atoms with E-state index in [0.717, 1.165) is 28.9 Å². The van der Waals surface area contributed by atoms with Crippen molar-refractivity contribution in [2.45, 2.75) is 46.2 Å². The van der Waals surface area contributed by atoms with Crippen LogP contribution in [0, 0.1) is 13.8 Å². The zero-order valence-electron chi connectivity index (χ0n) is 15.1. The molecular formula is C18H24N4O3. The summed E-state index contributed by atoms with van der Waals surface area (Å²) in [5.41, 5.74) is 3.30. The van der Waals surface area contributed by atoms with Crippen molar-refractivity contribution < 1.29 is 14.1 Å². The summed E-state index contributed by atoms with van der Waals surface area (Å²) in [6.07, 6.45) is 1.45. The summed E-state index contributed by atoms with van der Waals surface area (Å²) in [4.78, 5) is 18.3. The predicted octanol–water partition coefficient (Wildman–Crippen LogP) is 2.91. The van der Waals surface area contributed by atoms with Gasteiger partial charge in [-0.1, -0.05) is 29.8 Å². The van der Waals surface area contributed by atoms with E-state index in [1.54, 1.807) is 11.9 Å². The molecule has 0 bridgehead atoms. The molecule has 1 aliphatic heterocycles. The van der Waals surface area contributed by atoms with Crippen molar-refractivity contribution in [3.63, 3.8) is 0 Å². The third kappa shape index (κ3) is 3.75. The van der Waals surface area contributed by atoms with Gasteiger partial charge in [0.05, 0.1) is 12.6 Å². The Morgan fingerprint density at radius 2 is 2.20 bits per heavy atom. The molecule has 1 aliphatic rings. The molecule has 1 aromatic carbocycles. The molecule has 134 valence electrons. The summed E-state index contributed by atoms with van der Waals surface area (Å²) in [6.45, 7) is 6.91. The summed E-state index contributed by atoms with van der Waals surface area (Å²) in [5, 5.41) is 6.94. The molecule has 2 heterocycles. The van der Waals surface area contributed by atoms with Crippen molar-refractivity contribution in [1.82, 2.24) is 20.4 Å². The van der Waals surface area contributed by atoms with Crippen LogP contribution >= 0.6 is 0 Å². The number of amides is 2. The Bertz CT molecular complexity index is 772. The normalized spacial score (nSPS) is 16.1. The molecule has 1 N–H and O–H groups in total. The minimum atomic E-state index is -0.173. The molecule has 0 unspecified atom stereocenters. The molecule has 0 spiro atoms. The number of carbonyl (C=O) groups excluding carboxylic acids is 1. The second-order valence-corrected chi connectivity index (χ2v) is 6.45. The summed E-state index contributed by atoms with van der Waals surface area (Å²) in [6, 6.07) is 3.94. The first-order valence-corrected chi connectivity index (χ1v) is 8.55. The van der Waals surface area contributed by atoms with Gasteiger partial charge in [0.1, 0.15) is 12.3 Å². The molecule has 1 atom stereocenters. The van der Waals surface area contributed by atoms with Gasteiger partial charge < -0.3 is 19.5 Å². The number of fused-ring (bicyclic) bond motifs is 1. The smallest absolute Gasteiger partial charge is 0.318 e. The number of nitrogens with zero attached hydrogens (tertiary/aromatic N) is 3. The molecule has 0 aliphatic carbocycles. The summed E-state index contributed by atoms with van der Waals surface area (Å²) >= 11 is 0. The first-order chi connectivity index (χ1) is 12.0. The van der Waals surface area contributed by atoms with Crippen molar-refractivity contribution >= 4 is 6.03 Å². The van der Waals surface area contributed by atoms with Gasteiger partial charge in [0.15, 0.2) is 5.82 Å². The molecule has 2 amide bonds. The maximum Gasteiger partial charge on any atom is 0.318 e. The number of urea groups is 1. The third-order valence-corrected chi connectivity index (χ3v) is 4.32. The van der Waals surface area contributed by atoms with Crippen molar-refractivity contribution in [1.29, 1.82) is 0 Å². The Morgan fingerprint density at radius 1 is 1.40 bits per heavy atom. The van der Waals surface area contributed by atoms with Crippen LogP contribution in [0.5, 0.6) is 5.75 Å². The quantitative estimate of drug-likeness (QED) is 0.922. The molecule has 25 heavy (non-hydrogen) atoms. The molecule has 7 nitrogen and oxygen atoms in total. The Hall–Kier alpha value is -2.57. The number of benzene rings is 1. The zero-order valence-corrected chi connectivity index (χ0v) is 15.1. The van der Waals surface area contributed by atoms with Crippen molar-refractivity contribution in [2.24, 2.45) is 0 Å². The van der Waals surface area contributed by atoms with Crippen LogP contribution in [-0.4, -0.2) is 34.7 Å². The molecule has 0 fully saturated rings. The van der Waals surface area contributed by atoms with Gasteiger partial charge in [0, 0.05) is 25.5 Å². The first-order valence-electron chi connectivity index (χ1n) is 8.55. The summed E-state index contributed by atoms with van der Waals surface area (Å²) in [5.74, 6) is 1.97. The maximum absolute atomic E-state index is 12.6. The van der Waals surface area contributed by atoms with E-state index >= 15 is 0 Å². The number of aromatic nitrogens is 2. The monoisotopic (exact) mass is 344 g/mol. The van der Waals surface area contributed by atoms with Crippen LogP contribution in [-0.2, 0) is 13.0 Å². The van der Waals surface area contributed by atoms with Gasteiger partial charge in [-0.2, -0.15) is 4.98 Å². The van der Waals surface area contributed by atoms with Crippen molar-refractivity contribution in [3.8, 4) is 5.75 Å². The van der Waals surface area contributed by atoms with E-state index in [4.69, 9.17) is 9.26 Å². The highest BCUT2D eigenvalue weighted by molar-refractivity contribution is 5.74. The van der Waals surface area contributed by atoms with Crippen LogP contribution in [0.25, 0.3) is 0 Å². The van der Waals surface area contributed by atoms with Crippen molar-refractivity contribution in [3.05, 3.63) is 40.5 Å². The number of carbonyl (C=O) groups is 1. The summed E-state index contributed by atoms with van der Waals surface area (Å²) in [7, 11) is 1.72. The van der Waals surface area contributed by atoms with Crippen molar-refractivity contribution in [2.75, 3.05) is 13.7 Å². The van der Waals surface area contributed by atoms with Gasteiger partial charge in [-0.3, -0.25) is 0 Å². The Balaban J connectivity index is 1.69. The minimum absolute atomic E-state index is 0.0637. The molecule has 0 radical (unpaired) electrons. The fourth-order valence-electron chi connectivity index (χ4n) is 3.06. The van der Waals surface area contributed by atoms with Crippen LogP contribution in [0.1, 0.15) is 47.8 Å². The van der Waals surface area contributed by atoms with E-state index in [-0.39, 0.29) is 18.6 Å². The third-order valence-electron chi connectivity index (χ3n) is 4.32. The largest absolute Gasteiger partial charge is 0.493 e. The Labute approximate surface area is 147 Å². The van der Waals surface area contributed by atoms with Gasteiger partial charge in [0.2, 0.25) is 5.89 Å². The number of hydrogen-bond acceptors (Lipinski definition) is 5. The second kappa shape index (κ2) is 7.13. The van der Waals surface area contributed by atoms with Gasteiger partial charge in [0.25, 0.3) is 0 Å². The molecule has 0 saturated carbocycles. The predicted molar refractivity (Wildman–Crippen MR) is 92.4 cm³/mol. The highest BCUT2D eigenvalue weighted by Crippen LogP contribution is 2.35. The average molecular weight is 344 g/mol. The van der Waals surface area contributed by atoms with Crippen LogP contribution in [0.2, 0.25) is 0 Å². The lowest BCUT2D eigenvalue weighted by atomic mass is 9.96. The fourth-order valence-corrected chi connectivity index (χ4v) is 3.06. The molecule has 2 aromatic rings. The Kier molecular flexibility index (Phi) is 4.92. The van der Waals surface area contributed by atoms with E-state index in [2.05, 4.69) is 27.6 Å². The molecule has 1 aromatic heterocycles. The number of rotatable bonds is 4. The first kappa shape index (κ1) is 17.3. The Morgan fingerprint density at radius 3 is 2.92 bits per heavy atom. The van der Waals surface area contributed by atoms with Crippen LogP contribution in [0.15, 0.2) is 16.7 Å². The SMILES string of the molecule is CCc1noc(CN(C)C(=O)N[C@@H]2CCOc3c(C)cc(C)cc32)n1. The van der Waals surface area contributed by atoms with Crippen LogP contribution < -0.4 is 10.1 Å². The fraction of sp³-hybridized carbons (Fsp3) is 0.500. The topological polar surface area (TPSA) is 80.5 Å². The maximum atomic E-state index is 12.6. The average Bonchev–Trinajstić information content (AvgIpc) is 3.03. The summed E-state index contributed by atoms with van der Waals surface area (Å²) < 4.78 is 10.9. The second-order valence-electron chi connectivity index (χ2n) is 6.45. The molecular weight excluding hydrogens is 320 g/mol. The van der Waals surface area contributed by atoms with Gasteiger partial charge in [-0.15, -0.1) is 0 Å². The highest BCUT2D eigenvalue weighted by Gasteiger charge is 2.26. The van der Waals surface area contributed by atoms with Crippen LogP contribution in [0.4, 0.5) is 4.79 Å². The van der Waals surface area contributed by atoms with Gasteiger partial charge in [-0.25, -0.2) is 4.79 Å². The number of hydrogen-bond donors (Lipinski definition) is 1. The molecule has 3 rings (SSSR count). The van der Waals surface area contributed by atoms with Gasteiger partial charge in [-0.05, 0) is 19.4 Å².